The van der Waals surface area contributed by atoms with Crippen LogP contribution in [0.2, 0.25) is 0 Å². The Bertz CT molecular complexity index is 305. The Labute approximate surface area is 82.0 Å². The summed E-state index contributed by atoms with van der Waals surface area (Å²) in [5.74, 6) is -1.90. The molecule has 0 spiro atoms. The number of carbonyl (C=O) groups is 1. The molecule has 6 heteroatoms. The predicted octanol–water partition coefficient (Wildman–Crippen LogP) is 2.30. The van der Waals surface area contributed by atoms with Crippen LogP contribution < -0.4 is 0 Å². The lowest BCUT2D eigenvalue weighted by molar-refractivity contribution is -0.173. The fraction of sp³-hybridized carbons (Fsp3) is 0.375. The van der Waals surface area contributed by atoms with Crippen LogP contribution in [0.3, 0.4) is 0 Å². The molecule has 1 N–H and O–H groups in total. The maximum Gasteiger partial charge on any atom is 0.450 e. The molecule has 1 atom stereocenters. The molecule has 0 fully saturated rings. The third kappa shape index (κ3) is 2.81. The molecule has 1 aromatic heterocycles. The van der Waals surface area contributed by atoms with Crippen molar-refractivity contribution in [3.05, 3.63) is 22.4 Å². The summed E-state index contributed by atoms with van der Waals surface area (Å²) >= 11 is 1.11. The molecular weight excluding hydrogens is 217 g/mol. The molecule has 2 nitrogen and oxygen atoms in total. The third-order valence-corrected chi connectivity index (χ3v) is 2.54. The molecular formula is C8H7F3O2S. The van der Waals surface area contributed by atoms with Gasteiger partial charge in [0.25, 0.3) is 0 Å². The highest BCUT2D eigenvalue weighted by molar-refractivity contribution is 7.10. The van der Waals surface area contributed by atoms with Gasteiger partial charge in [-0.3, -0.25) is 4.79 Å². The first-order chi connectivity index (χ1) is 6.41. The minimum atomic E-state index is -4.86. The zero-order valence-corrected chi connectivity index (χ0v) is 7.73. The summed E-state index contributed by atoms with van der Waals surface area (Å²) in [5, 5.41) is 10.9. The van der Waals surface area contributed by atoms with E-state index >= 15 is 0 Å². The van der Waals surface area contributed by atoms with E-state index in [9.17, 15) is 23.1 Å². The first kappa shape index (κ1) is 11.2. The van der Waals surface area contributed by atoms with Gasteiger partial charge in [0.15, 0.2) is 0 Å². The van der Waals surface area contributed by atoms with E-state index in [2.05, 4.69) is 0 Å². The summed E-state index contributed by atoms with van der Waals surface area (Å²) in [7, 11) is 0. The molecule has 1 unspecified atom stereocenters. The van der Waals surface area contributed by atoms with Crippen molar-refractivity contribution in [1.82, 2.24) is 0 Å². The van der Waals surface area contributed by atoms with Gasteiger partial charge >= 0.3 is 6.18 Å². The maximum absolute atomic E-state index is 11.8. The van der Waals surface area contributed by atoms with E-state index in [-0.39, 0.29) is 0 Å². The number of halogens is 3. The van der Waals surface area contributed by atoms with Gasteiger partial charge in [-0.15, -0.1) is 11.3 Å². The van der Waals surface area contributed by atoms with E-state index in [1.165, 1.54) is 6.07 Å². The van der Waals surface area contributed by atoms with Crippen LogP contribution in [0.1, 0.15) is 17.4 Å². The van der Waals surface area contributed by atoms with Crippen LogP contribution >= 0.6 is 11.3 Å². The Hall–Kier alpha value is -0.880. The van der Waals surface area contributed by atoms with Crippen molar-refractivity contribution in [2.75, 3.05) is 0 Å². The van der Waals surface area contributed by atoms with Crippen molar-refractivity contribution in [3.8, 4) is 0 Å². The van der Waals surface area contributed by atoms with Gasteiger partial charge in [0.2, 0.25) is 5.78 Å². The smallest absolute Gasteiger partial charge is 0.387 e. The van der Waals surface area contributed by atoms with Crippen molar-refractivity contribution >= 4 is 17.1 Å². The molecule has 0 saturated heterocycles. The zero-order chi connectivity index (χ0) is 10.8. The molecule has 0 bridgehead atoms. The Morgan fingerprint density at radius 1 is 1.57 bits per heavy atom. The summed E-state index contributed by atoms with van der Waals surface area (Å²) in [4.78, 5) is 10.9. The van der Waals surface area contributed by atoms with Gasteiger partial charge in [0.05, 0.1) is 6.10 Å². The number of carbonyl (C=O) groups excluding carboxylic acids is 1. The van der Waals surface area contributed by atoms with Gasteiger partial charge in [-0.2, -0.15) is 13.2 Å². The lowest BCUT2D eigenvalue weighted by Gasteiger charge is -2.09. The van der Waals surface area contributed by atoms with E-state index in [1.54, 1.807) is 11.4 Å². The SMILES string of the molecule is O=C(CC(O)c1cccs1)C(F)(F)F. The second kappa shape index (κ2) is 4.10. The molecule has 1 aromatic rings. The topological polar surface area (TPSA) is 37.3 Å². The molecule has 0 radical (unpaired) electrons. The maximum atomic E-state index is 11.8. The highest BCUT2D eigenvalue weighted by atomic mass is 32.1. The van der Waals surface area contributed by atoms with E-state index < -0.39 is 24.5 Å². The lowest BCUT2D eigenvalue weighted by atomic mass is 10.1. The number of alkyl halides is 3. The molecule has 0 aliphatic rings. The monoisotopic (exact) mass is 224 g/mol. The Kier molecular flexibility index (Phi) is 3.28. The van der Waals surface area contributed by atoms with Crippen LogP contribution in [0, 0.1) is 0 Å². The van der Waals surface area contributed by atoms with Crippen LogP contribution in [-0.4, -0.2) is 17.1 Å². The van der Waals surface area contributed by atoms with Gasteiger partial charge in [0.1, 0.15) is 0 Å². The Morgan fingerprint density at radius 3 is 2.64 bits per heavy atom. The predicted molar refractivity (Wildman–Crippen MR) is 45.0 cm³/mol. The van der Waals surface area contributed by atoms with Gasteiger partial charge in [-0.1, -0.05) is 6.07 Å². The normalized spacial score (nSPS) is 14.0. The third-order valence-electron chi connectivity index (χ3n) is 1.57. The summed E-state index contributed by atoms with van der Waals surface area (Å²) in [5.41, 5.74) is 0. The average Bonchev–Trinajstić information content (AvgIpc) is 2.53. The number of thiophene rings is 1. The molecule has 0 aliphatic carbocycles. The number of hydrogen-bond acceptors (Lipinski definition) is 3. The molecule has 1 rings (SSSR count). The van der Waals surface area contributed by atoms with E-state index in [0.29, 0.717) is 4.88 Å². The van der Waals surface area contributed by atoms with E-state index in [4.69, 9.17) is 0 Å². The number of hydrogen-bond donors (Lipinski definition) is 1. The van der Waals surface area contributed by atoms with Crippen molar-refractivity contribution in [1.29, 1.82) is 0 Å². The number of rotatable bonds is 3. The molecule has 0 aromatic carbocycles. The van der Waals surface area contributed by atoms with Gasteiger partial charge in [-0.05, 0) is 11.4 Å². The van der Waals surface area contributed by atoms with Crippen LogP contribution in [0.4, 0.5) is 13.2 Å². The first-order valence-electron chi connectivity index (χ1n) is 3.72. The van der Waals surface area contributed by atoms with Gasteiger partial charge in [0, 0.05) is 11.3 Å². The molecule has 78 valence electrons. The Morgan fingerprint density at radius 2 is 2.21 bits per heavy atom. The number of ketones is 1. The van der Waals surface area contributed by atoms with E-state index in [0.717, 1.165) is 11.3 Å². The standard InChI is InChI=1S/C8H7F3O2S/c9-8(10,11)7(13)4-5(12)6-2-1-3-14-6/h1-3,5,12H,4H2. The number of Topliss-reactive ketones (excluding diaryl/α,β-unsaturated/α-hetero) is 1. The summed E-state index contributed by atoms with van der Waals surface area (Å²) in [6.07, 6.45) is -7.13. The van der Waals surface area contributed by atoms with Gasteiger partial charge in [-0.25, -0.2) is 0 Å². The van der Waals surface area contributed by atoms with Crippen molar-refractivity contribution in [2.45, 2.75) is 18.7 Å². The average molecular weight is 224 g/mol. The fourth-order valence-electron chi connectivity index (χ4n) is 0.873. The molecule has 1 heterocycles. The van der Waals surface area contributed by atoms with Crippen molar-refractivity contribution in [3.63, 3.8) is 0 Å². The lowest BCUT2D eigenvalue weighted by Crippen LogP contribution is -2.24. The molecule has 0 aliphatic heterocycles. The quantitative estimate of drug-likeness (QED) is 0.855. The second-order valence-corrected chi connectivity index (χ2v) is 3.64. The van der Waals surface area contributed by atoms with Crippen molar-refractivity contribution in [2.24, 2.45) is 0 Å². The fourth-order valence-corrected chi connectivity index (χ4v) is 1.58. The van der Waals surface area contributed by atoms with Crippen LogP contribution in [0.5, 0.6) is 0 Å². The summed E-state index contributed by atoms with van der Waals surface area (Å²) in [6, 6.07) is 3.08. The number of aliphatic hydroxyl groups excluding tert-OH is 1. The van der Waals surface area contributed by atoms with Crippen LogP contribution in [-0.2, 0) is 4.79 Å². The van der Waals surface area contributed by atoms with Crippen LogP contribution in [0.25, 0.3) is 0 Å². The minimum Gasteiger partial charge on any atom is -0.387 e. The minimum absolute atomic E-state index is 0.364. The largest absolute Gasteiger partial charge is 0.450 e. The summed E-state index contributed by atoms with van der Waals surface area (Å²) < 4.78 is 35.4. The highest BCUT2D eigenvalue weighted by Crippen LogP contribution is 2.26. The highest BCUT2D eigenvalue weighted by Gasteiger charge is 2.39. The molecule has 0 saturated carbocycles. The van der Waals surface area contributed by atoms with Gasteiger partial charge < -0.3 is 5.11 Å². The number of aliphatic hydroxyl groups is 1. The molecule has 14 heavy (non-hydrogen) atoms. The molecule has 0 amide bonds. The summed E-state index contributed by atoms with van der Waals surface area (Å²) in [6.45, 7) is 0. The Balaban J connectivity index is 2.58. The zero-order valence-electron chi connectivity index (χ0n) is 6.91. The second-order valence-electron chi connectivity index (χ2n) is 2.66. The first-order valence-corrected chi connectivity index (χ1v) is 4.60. The van der Waals surface area contributed by atoms with Crippen molar-refractivity contribution < 1.29 is 23.1 Å². The van der Waals surface area contributed by atoms with Crippen LogP contribution in [0.15, 0.2) is 17.5 Å². The van der Waals surface area contributed by atoms with E-state index in [1.807, 2.05) is 0 Å².